The average molecular weight is 254 g/mol. The normalized spacial score (nSPS) is 12.6. The fourth-order valence-corrected chi connectivity index (χ4v) is 1.82. The topological polar surface area (TPSA) is 57.0 Å². The molecule has 0 spiro atoms. The van der Waals surface area contributed by atoms with Crippen molar-refractivity contribution < 1.29 is 9.53 Å². The third-order valence-corrected chi connectivity index (χ3v) is 2.81. The lowest BCUT2D eigenvalue weighted by Gasteiger charge is -2.12. The van der Waals surface area contributed by atoms with Crippen LogP contribution in [-0.2, 0) is 9.53 Å². The molecule has 0 saturated heterocycles. The van der Waals surface area contributed by atoms with Crippen molar-refractivity contribution in [1.29, 1.82) is 0 Å². The maximum atomic E-state index is 11.7. The number of fused-ring (bicyclic) bond motifs is 1. The van der Waals surface area contributed by atoms with Crippen molar-refractivity contribution in [3.8, 4) is 0 Å². The number of carbonyl (C=O) groups is 1. The Morgan fingerprint density at radius 1 is 1.59 bits per heavy atom. The average Bonchev–Trinajstić information content (AvgIpc) is 2.73. The highest BCUT2D eigenvalue weighted by atomic mass is 35.5. The second-order valence-electron chi connectivity index (χ2n) is 3.55. The van der Waals surface area contributed by atoms with Gasteiger partial charge in [0.05, 0.1) is 12.0 Å². The zero-order valence-corrected chi connectivity index (χ0v) is 10.3. The van der Waals surface area contributed by atoms with E-state index in [0.29, 0.717) is 17.4 Å². The first kappa shape index (κ1) is 11.9. The van der Waals surface area contributed by atoms with Gasteiger partial charge in [-0.3, -0.25) is 0 Å². The molecule has 0 radical (unpaired) electrons. The fourth-order valence-electron chi connectivity index (χ4n) is 1.63. The van der Waals surface area contributed by atoms with Crippen LogP contribution in [0, 0.1) is 0 Å². The molecule has 1 unspecified atom stereocenters. The van der Waals surface area contributed by atoms with Crippen LogP contribution < -0.4 is 0 Å². The molecule has 6 heteroatoms. The fraction of sp³-hybridized carbons (Fsp3) is 0.364. The van der Waals surface area contributed by atoms with Crippen LogP contribution in [0.5, 0.6) is 0 Å². The van der Waals surface area contributed by atoms with E-state index in [4.69, 9.17) is 16.3 Å². The molecule has 17 heavy (non-hydrogen) atoms. The number of nitrogens with zero attached hydrogens (tertiary/aromatic N) is 3. The number of aromatic nitrogens is 3. The highest BCUT2D eigenvalue weighted by molar-refractivity contribution is 6.33. The smallest absolute Gasteiger partial charge is 0.328 e. The number of hydrogen-bond donors (Lipinski definition) is 0. The predicted molar refractivity (Wildman–Crippen MR) is 63.9 cm³/mol. The van der Waals surface area contributed by atoms with Gasteiger partial charge >= 0.3 is 5.97 Å². The third-order valence-electron chi connectivity index (χ3n) is 2.51. The molecule has 0 N–H and O–H groups in total. The molecule has 1 atom stereocenters. The maximum absolute atomic E-state index is 11.7. The zero-order chi connectivity index (χ0) is 12.4. The molecule has 0 aliphatic rings. The van der Waals surface area contributed by atoms with E-state index in [1.807, 2.05) is 0 Å². The standard InChI is InChI=1S/C11H12ClN3O2/c1-3-17-11(16)7(2)15-5-4-8-9(12)13-6-14-10(8)15/h4-7H,3H2,1-2H3. The summed E-state index contributed by atoms with van der Waals surface area (Å²) in [6, 6.07) is 1.35. The Kier molecular flexibility index (Phi) is 3.28. The monoisotopic (exact) mass is 253 g/mol. The molecule has 0 amide bonds. The highest BCUT2D eigenvalue weighted by Crippen LogP contribution is 2.23. The van der Waals surface area contributed by atoms with E-state index in [0.717, 1.165) is 5.39 Å². The Bertz CT molecular complexity index is 553. The molecule has 2 aromatic heterocycles. The third kappa shape index (κ3) is 2.10. The van der Waals surface area contributed by atoms with Crippen molar-refractivity contribution in [1.82, 2.24) is 14.5 Å². The van der Waals surface area contributed by atoms with Crippen molar-refractivity contribution in [2.24, 2.45) is 0 Å². The molecule has 0 aromatic carbocycles. The molecule has 0 saturated carbocycles. The second kappa shape index (κ2) is 4.71. The van der Waals surface area contributed by atoms with E-state index < -0.39 is 6.04 Å². The van der Waals surface area contributed by atoms with Crippen molar-refractivity contribution in [2.75, 3.05) is 6.61 Å². The Morgan fingerprint density at radius 2 is 2.35 bits per heavy atom. The zero-order valence-electron chi connectivity index (χ0n) is 9.55. The summed E-state index contributed by atoms with van der Waals surface area (Å²) in [5.74, 6) is -0.292. The van der Waals surface area contributed by atoms with Crippen LogP contribution in [0.2, 0.25) is 5.15 Å². The SMILES string of the molecule is CCOC(=O)C(C)n1ccc2c(Cl)ncnc21. The predicted octanol–water partition coefficient (Wildman–Crippen LogP) is 2.21. The van der Waals surface area contributed by atoms with Gasteiger partial charge < -0.3 is 9.30 Å². The van der Waals surface area contributed by atoms with Crippen LogP contribution >= 0.6 is 11.6 Å². The van der Waals surface area contributed by atoms with Gasteiger partial charge in [0.15, 0.2) is 0 Å². The first-order valence-electron chi connectivity index (χ1n) is 5.28. The molecule has 0 aliphatic heterocycles. The largest absolute Gasteiger partial charge is 0.464 e. The molecule has 0 fully saturated rings. The van der Waals surface area contributed by atoms with Gasteiger partial charge in [0.25, 0.3) is 0 Å². The summed E-state index contributed by atoms with van der Waals surface area (Å²) in [5.41, 5.74) is 0.630. The lowest BCUT2D eigenvalue weighted by Crippen LogP contribution is -2.18. The number of esters is 1. The number of halogens is 1. The summed E-state index contributed by atoms with van der Waals surface area (Å²) in [7, 11) is 0. The summed E-state index contributed by atoms with van der Waals surface area (Å²) < 4.78 is 6.69. The highest BCUT2D eigenvalue weighted by Gasteiger charge is 2.18. The molecule has 5 nitrogen and oxygen atoms in total. The quantitative estimate of drug-likeness (QED) is 0.622. The first-order valence-corrected chi connectivity index (χ1v) is 5.66. The Balaban J connectivity index is 2.42. The first-order chi connectivity index (χ1) is 8.15. The van der Waals surface area contributed by atoms with Gasteiger partial charge in [-0.25, -0.2) is 14.8 Å². The molecule has 0 aliphatic carbocycles. The number of ether oxygens (including phenoxy) is 1. The van der Waals surface area contributed by atoms with Gasteiger partial charge in [-0.05, 0) is 19.9 Å². The summed E-state index contributed by atoms with van der Waals surface area (Å²) in [5, 5.41) is 1.11. The van der Waals surface area contributed by atoms with Crippen molar-refractivity contribution >= 4 is 28.6 Å². The van der Waals surface area contributed by atoms with Crippen molar-refractivity contribution in [3.05, 3.63) is 23.7 Å². The van der Waals surface area contributed by atoms with Crippen LogP contribution in [-0.4, -0.2) is 27.1 Å². The number of hydrogen-bond acceptors (Lipinski definition) is 4. The van der Waals surface area contributed by atoms with Crippen LogP contribution in [0.1, 0.15) is 19.9 Å². The van der Waals surface area contributed by atoms with E-state index in [1.165, 1.54) is 6.33 Å². The summed E-state index contributed by atoms with van der Waals surface area (Å²) in [6.07, 6.45) is 3.13. The Morgan fingerprint density at radius 3 is 3.06 bits per heavy atom. The molecule has 2 rings (SSSR count). The second-order valence-corrected chi connectivity index (χ2v) is 3.91. The van der Waals surface area contributed by atoms with Gasteiger partial charge in [0.2, 0.25) is 0 Å². The number of rotatable bonds is 3. The van der Waals surface area contributed by atoms with Crippen LogP contribution in [0.3, 0.4) is 0 Å². The van der Waals surface area contributed by atoms with E-state index in [-0.39, 0.29) is 5.97 Å². The Labute approximate surface area is 103 Å². The van der Waals surface area contributed by atoms with E-state index >= 15 is 0 Å². The summed E-state index contributed by atoms with van der Waals surface area (Å²) in [6.45, 7) is 3.89. The van der Waals surface area contributed by atoms with Gasteiger partial charge in [-0.15, -0.1) is 0 Å². The lowest BCUT2D eigenvalue weighted by molar-refractivity contribution is -0.146. The van der Waals surface area contributed by atoms with Crippen LogP contribution in [0.4, 0.5) is 0 Å². The van der Waals surface area contributed by atoms with Gasteiger partial charge in [0, 0.05) is 6.20 Å². The van der Waals surface area contributed by atoms with Gasteiger partial charge in [-0.2, -0.15) is 0 Å². The summed E-state index contributed by atoms with van der Waals surface area (Å²) in [4.78, 5) is 19.7. The maximum Gasteiger partial charge on any atom is 0.328 e. The lowest BCUT2D eigenvalue weighted by atomic mass is 10.3. The minimum absolute atomic E-state index is 0.292. The van der Waals surface area contributed by atoms with Gasteiger partial charge in [0.1, 0.15) is 23.2 Å². The minimum Gasteiger partial charge on any atom is -0.464 e. The van der Waals surface area contributed by atoms with Crippen molar-refractivity contribution in [2.45, 2.75) is 19.9 Å². The summed E-state index contributed by atoms with van der Waals surface area (Å²) >= 11 is 5.94. The molecular formula is C11H12ClN3O2. The van der Waals surface area contributed by atoms with E-state index in [9.17, 15) is 4.79 Å². The molecule has 90 valence electrons. The molecule has 0 bridgehead atoms. The minimum atomic E-state index is -0.432. The van der Waals surface area contributed by atoms with E-state index in [2.05, 4.69) is 9.97 Å². The van der Waals surface area contributed by atoms with Crippen LogP contribution in [0.15, 0.2) is 18.6 Å². The number of carbonyl (C=O) groups excluding carboxylic acids is 1. The van der Waals surface area contributed by atoms with Gasteiger partial charge in [-0.1, -0.05) is 11.6 Å². The molecule has 2 heterocycles. The van der Waals surface area contributed by atoms with Crippen LogP contribution in [0.25, 0.3) is 11.0 Å². The van der Waals surface area contributed by atoms with Crippen molar-refractivity contribution in [3.63, 3.8) is 0 Å². The molecule has 2 aromatic rings. The molecular weight excluding hydrogens is 242 g/mol. The Hall–Kier alpha value is -1.62. The van der Waals surface area contributed by atoms with E-state index in [1.54, 1.807) is 30.7 Å².